The van der Waals surface area contributed by atoms with Crippen LogP contribution in [0.2, 0.25) is 0 Å². The van der Waals surface area contributed by atoms with Crippen LogP contribution in [-0.2, 0) is 0 Å². The van der Waals surface area contributed by atoms with Crippen LogP contribution in [0, 0.1) is 32.1 Å². The molecule has 0 aliphatic carbocycles. The molecule has 1 heterocycles. The average Bonchev–Trinajstić information content (AvgIpc) is 2.59. The zero-order chi connectivity index (χ0) is 17.8. The summed E-state index contributed by atoms with van der Waals surface area (Å²) in [7, 11) is 0. The van der Waals surface area contributed by atoms with Crippen molar-refractivity contribution in [3.05, 3.63) is 65.0 Å². The Bertz CT molecular complexity index is 918. The van der Waals surface area contributed by atoms with Gasteiger partial charge in [0.2, 0.25) is 11.9 Å². The van der Waals surface area contributed by atoms with Crippen molar-refractivity contribution >= 4 is 23.3 Å². The molecule has 0 spiro atoms. The number of benzene rings is 2. The van der Waals surface area contributed by atoms with E-state index in [1.807, 2.05) is 12.1 Å². The monoisotopic (exact) mass is 330 g/mol. The zero-order valence-corrected chi connectivity index (χ0v) is 14.3. The van der Waals surface area contributed by atoms with Crippen LogP contribution in [-0.4, -0.2) is 15.0 Å². The fourth-order valence-corrected chi connectivity index (χ4v) is 2.66. The molecule has 25 heavy (non-hydrogen) atoms. The molecule has 0 aliphatic heterocycles. The molecule has 6 heteroatoms. The van der Waals surface area contributed by atoms with Gasteiger partial charge in [0.1, 0.15) is 6.33 Å². The summed E-state index contributed by atoms with van der Waals surface area (Å²) in [5.74, 6) is 0.908. The third-order valence-electron chi connectivity index (χ3n) is 3.76. The lowest BCUT2D eigenvalue weighted by atomic mass is 10.1. The molecule has 1 aromatic heterocycles. The molecule has 0 saturated carbocycles. The summed E-state index contributed by atoms with van der Waals surface area (Å²) in [4.78, 5) is 12.7. The van der Waals surface area contributed by atoms with Crippen molar-refractivity contribution < 1.29 is 0 Å². The first-order valence-electron chi connectivity index (χ1n) is 7.86. The molecule has 3 rings (SSSR count). The van der Waals surface area contributed by atoms with Crippen molar-refractivity contribution in [2.75, 3.05) is 10.6 Å². The number of nitriles is 1. The summed E-state index contributed by atoms with van der Waals surface area (Å²) in [6, 6.07) is 13.4. The number of aryl methyl sites for hydroxylation is 3. The van der Waals surface area contributed by atoms with Gasteiger partial charge < -0.3 is 10.6 Å². The van der Waals surface area contributed by atoms with E-state index in [1.165, 1.54) is 11.9 Å². The van der Waals surface area contributed by atoms with Crippen LogP contribution in [0.1, 0.15) is 22.3 Å². The van der Waals surface area contributed by atoms with E-state index in [2.05, 4.69) is 64.6 Å². The average molecular weight is 330 g/mol. The van der Waals surface area contributed by atoms with Crippen molar-refractivity contribution in [1.29, 1.82) is 5.26 Å². The van der Waals surface area contributed by atoms with Gasteiger partial charge in [0.05, 0.1) is 11.6 Å². The second-order valence-corrected chi connectivity index (χ2v) is 5.85. The van der Waals surface area contributed by atoms with Crippen molar-refractivity contribution in [3.63, 3.8) is 0 Å². The maximum absolute atomic E-state index is 8.85. The Morgan fingerprint density at radius 2 is 1.48 bits per heavy atom. The Balaban J connectivity index is 1.81. The maximum Gasteiger partial charge on any atom is 0.232 e. The Morgan fingerprint density at radius 1 is 0.880 bits per heavy atom. The smallest absolute Gasteiger partial charge is 0.232 e. The highest BCUT2D eigenvalue weighted by Crippen LogP contribution is 2.24. The van der Waals surface area contributed by atoms with E-state index in [-0.39, 0.29) is 0 Å². The molecule has 2 aromatic carbocycles. The van der Waals surface area contributed by atoms with Gasteiger partial charge in [-0.3, -0.25) is 0 Å². The zero-order valence-electron chi connectivity index (χ0n) is 14.3. The highest BCUT2D eigenvalue weighted by molar-refractivity contribution is 5.64. The molecular weight excluding hydrogens is 312 g/mol. The number of nitrogens with one attached hydrogen (secondary N) is 2. The summed E-state index contributed by atoms with van der Waals surface area (Å²) in [6.45, 7) is 6.19. The molecule has 3 aromatic rings. The van der Waals surface area contributed by atoms with Crippen LogP contribution in [0.5, 0.6) is 0 Å². The Hall–Kier alpha value is -3.46. The molecular formula is C19H18N6. The largest absolute Gasteiger partial charge is 0.324 e. The van der Waals surface area contributed by atoms with E-state index in [1.54, 1.807) is 12.1 Å². The van der Waals surface area contributed by atoms with Crippen LogP contribution in [0.25, 0.3) is 0 Å². The van der Waals surface area contributed by atoms with Gasteiger partial charge in [0.25, 0.3) is 0 Å². The lowest BCUT2D eigenvalue weighted by Gasteiger charge is -2.13. The van der Waals surface area contributed by atoms with E-state index < -0.39 is 0 Å². The minimum Gasteiger partial charge on any atom is -0.324 e. The quantitative estimate of drug-likeness (QED) is 0.747. The molecule has 0 amide bonds. The summed E-state index contributed by atoms with van der Waals surface area (Å²) in [5, 5.41) is 15.2. The van der Waals surface area contributed by atoms with Crippen LogP contribution in [0.4, 0.5) is 23.3 Å². The van der Waals surface area contributed by atoms with E-state index in [0.29, 0.717) is 17.5 Å². The van der Waals surface area contributed by atoms with Gasteiger partial charge in [-0.1, -0.05) is 17.7 Å². The van der Waals surface area contributed by atoms with E-state index in [0.717, 1.165) is 22.5 Å². The predicted molar refractivity (Wildman–Crippen MR) is 98.2 cm³/mol. The number of aromatic nitrogens is 3. The second kappa shape index (κ2) is 6.97. The molecule has 0 fully saturated rings. The summed E-state index contributed by atoms with van der Waals surface area (Å²) < 4.78 is 0. The molecule has 6 nitrogen and oxygen atoms in total. The van der Waals surface area contributed by atoms with E-state index in [4.69, 9.17) is 5.26 Å². The second-order valence-electron chi connectivity index (χ2n) is 5.85. The Morgan fingerprint density at radius 3 is 2.08 bits per heavy atom. The Labute approximate surface area is 146 Å². The molecule has 0 unspecified atom stereocenters. The molecule has 0 aliphatic rings. The van der Waals surface area contributed by atoms with Gasteiger partial charge in [0, 0.05) is 11.4 Å². The maximum atomic E-state index is 8.85. The SMILES string of the molecule is Cc1cc(C)c(Nc2ncnc(Nc3ccc(C#N)cc3)n2)c(C)c1. The number of nitrogens with zero attached hydrogens (tertiary/aromatic N) is 4. The first kappa shape index (κ1) is 16.4. The fraction of sp³-hybridized carbons (Fsp3) is 0.158. The number of hydrogen-bond donors (Lipinski definition) is 2. The lowest BCUT2D eigenvalue weighted by molar-refractivity contribution is 1.06. The number of hydrogen-bond acceptors (Lipinski definition) is 6. The number of anilines is 4. The molecule has 0 saturated heterocycles. The highest BCUT2D eigenvalue weighted by Gasteiger charge is 2.07. The minimum absolute atomic E-state index is 0.435. The normalized spacial score (nSPS) is 10.2. The molecule has 0 atom stereocenters. The number of rotatable bonds is 4. The first-order valence-corrected chi connectivity index (χ1v) is 7.86. The van der Waals surface area contributed by atoms with E-state index in [9.17, 15) is 0 Å². The van der Waals surface area contributed by atoms with Gasteiger partial charge in [-0.05, 0) is 56.2 Å². The third-order valence-corrected chi connectivity index (χ3v) is 3.76. The lowest BCUT2D eigenvalue weighted by Crippen LogP contribution is -2.04. The van der Waals surface area contributed by atoms with Gasteiger partial charge in [-0.2, -0.15) is 10.2 Å². The topological polar surface area (TPSA) is 86.5 Å². The van der Waals surface area contributed by atoms with Gasteiger partial charge in [-0.15, -0.1) is 0 Å². The third kappa shape index (κ3) is 3.90. The van der Waals surface area contributed by atoms with Crippen molar-refractivity contribution in [3.8, 4) is 6.07 Å². The van der Waals surface area contributed by atoms with Crippen LogP contribution < -0.4 is 10.6 Å². The standard InChI is InChI=1S/C19H18N6/c1-12-8-13(2)17(14(3)9-12)24-19-22-11-21-18(25-19)23-16-6-4-15(10-20)5-7-16/h4-9,11H,1-3H3,(H2,21,22,23,24,25). The van der Waals surface area contributed by atoms with Crippen LogP contribution in [0.15, 0.2) is 42.7 Å². The first-order chi connectivity index (χ1) is 12.0. The van der Waals surface area contributed by atoms with Crippen LogP contribution in [0.3, 0.4) is 0 Å². The summed E-state index contributed by atoms with van der Waals surface area (Å²) in [5.41, 5.74) is 5.91. The molecule has 0 bridgehead atoms. The Kier molecular flexibility index (Phi) is 4.57. The van der Waals surface area contributed by atoms with E-state index >= 15 is 0 Å². The summed E-state index contributed by atoms with van der Waals surface area (Å²) in [6.07, 6.45) is 1.46. The fourth-order valence-electron chi connectivity index (χ4n) is 2.66. The van der Waals surface area contributed by atoms with Crippen molar-refractivity contribution in [2.24, 2.45) is 0 Å². The molecule has 2 N–H and O–H groups in total. The molecule has 124 valence electrons. The molecule has 0 radical (unpaired) electrons. The van der Waals surface area contributed by atoms with Crippen molar-refractivity contribution in [1.82, 2.24) is 15.0 Å². The summed E-state index contributed by atoms with van der Waals surface area (Å²) >= 11 is 0. The van der Waals surface area contributed by atoms with Crippen LogP contribution >= 0.6 is 0 Å². The van der Waals surface area contributed by atoms with Gasteiger partial charge >= 0.3 is 0 Å². The van der Waals surface area contributed by atoms with Gasteiger partial charge in [-0.25, -0.2) is 9.97 Å². The van der Waals surface area contributed by atoms with Gasteiger partial charge in [0.15, 0.2) is 0 Å². The van der Waals surface area contributed by atoms with Crippen molar-refractivity contribution in [2.45, 2.75) is 20.8 Å². The highest BCUT2D eigenvalue weighted by atomic mass is 15.2. The minimum atomic E-state index is 0.435. The predicted octanol–water partition coefficient (Wildman–Crippen LogP) is 4.16.